The van der Waals surface area contributed by atoms with Crippen molar-refractivity contribution in [3.63, 3.8) is 0 Å². The van der Waals surface area contributed by atoms with Crippen molar-refractivity contribution in [2.24, 2.45) is 0 Å². The zero-order chi connectivity index (χ0) is 22.8. The Hall–Kier alpha value is -3.33. The number of carboxylic acid groups (broad SMARTS) is 1. The number of nitrogens with zero attached hydrogens (tertiary/aromatic N) is 2. The third-order valence-corrected chi connectivity index (χ3v) is 6.94. The number of anilines is 1. The molecule has 8 nitrogen and oxygen atoms in total. The number of aromatic carboxylic acids is 1. The first kappa shape index (κ1) is 21.9. The molecule has 0 radical (unpaired) electrons. The van der Waals surface area contributed by atoms with Gasteiger partial charge in [-0.15, -0.1) is 11.8 Å². The van der Waals surface area contributed by atoms with Crippen LogP contribution < -0.4 is 10.1 Å². The Kier molecular flexibility index (Phi) is 6.18. The number of pyridine rings is 1. The molecule has 2 aliphatic heterocycles. The third kappa shape index (κ3) is 4.47. The Labute approximate surface area is 189 Å². The fraction of sp³-hybridized carbons (Fsp3) is 0.304. The van der Waals surface area contributed by atoms with Crippen LogP contribution in [0.25, 0.3) is 0 Å². The van der Waals surface area contributed by atoms with Crippen molar-refractivity contribution in [3.8, 4) is 5.75 Å². The first-order valence-corrected chi connectivity index (χ1v) is 11.2. The van der Waals surface area contributed by atoms with Crippen LogP contribution in [0.1, 0.15) is 35.3 Å². The number of carbonyl (C=O) groups excluding carboxylic acids is 2. The minimum absolute atomic E-state index is 0.0249. The molecule has 2 aliphatic rings. The van der Waals surface area contributed by atoms with E-state index in [1.54, 1.807) is 4.90 Å². The number of hydrogen-bond acceptors (Lipinski definition) is 6. The van der Waals surface area contributed by atoms with Crippen molar-refractivity contribution < 1.29 is 24.2 Å². The molecular formula is C23H23N3O5S. The lowest BCUT2D eigenvalue weighted by molar-refractivity contribution is -0.126. The molecule has 2 N–H and O–H groups in total. The fourth-order valence-corrected chi connectivity index (χ4v) is 4.90. The smallest absolute Gasteiger partial charge is 0.337 e. The maximum atomic E-state index is 12.9. The minimum atomic E-state index is -1.08. The van der Waals surface area contributed by atoms with Crippen LogP contribution in [0.2, 0.25) is 0 Å². The molecule has 0 fully saturated rings. The summed E-state index contributed by atoms with van der Waals surface area (Å²) < 4.78 is 5.56. The Morgan fingerprint density at radius 3 is 2.81 bits per heavy atom. The Morgan fingerprint density at radius 1 is 1.28 bits per heavy atom. The molecule has 3 heterocycles. The lowest BCUT2D eigenvalue weighted by atomic mass is 10.1. The first-order chi connectivity index (χ1) is 15.3. The van der Waals surface area contributed by atoms with Gasteiger partial charge in [-0.25, -0.2) is 9.78 Å². The third-order valence-electron chi connectivity index (χ3n) is 5.58. The van der Waals surface area contributed by atoms with Crippen molar-refractivity contribution in [2.75, 3.05) is 17.7 Å². The average Bonchev–Trinajstić information content (AvgIpc) is 3.32. The number of ether oxygens (including phenoxy) is 1. The summed E-state index contributed by atoms with van der Waals surface area (Å²) in [6.07, 6.45) is 2.06. The SMILES string of the molecule is CC1=C(C)C(SCC(=O)Nc2ccc(C(=O)O)cn2)N(Cc2ccc3c(c2)CCO3)C1=O. The molecule has 9 heteroatoms. The van der Waals surface area contributed by atoms with Gasteiger partial charge in [0.25, 0.3) is 5.91 Å². The second-order valence-corrected chi connectivity index (χ2v) is 8.80. The summed E-state index contributed by atoms with van der Waals surface area (Å²) in [5.41, 5.74) is 3.88. The number of fused-ring (bicyclic) bond motifs is 1. The van der Waals surface area contributed by atoms with E-state index in [-0.39, 0.29) is 34.3 Å². The number of rotatable bonds is 7. The molecule has 1 aromatic carbocycles. The van der Waals surface area contributed by atoms with Gasteiger partial charge < -0.3 is 20.1 Å². The summed E-state index contributed by atoms with van der Waals surface area (Å²) in [6, 6.07) is 8.84. The van der Waals surface area contributed by atoms with Crippen LogP contribution in [-0.2, 0) is 22.6 Å². The van der Waals surface area contributed by atoms with E-state index in [0.717, 1.165) is 28.9 Å². The van der Waals surface area contributed by atoms with Gasteiger partial charge in [0.15, 0.2) is 0 Å². The topological polar surface area (TPSA) is 109 Å². The van der Waals surface area contributed by atoms with E-state index < -0.39 is 5.97 Å². The number of nitrogens with one attached hydrogen (secondary N) is 1. The maximum absolute atomic E-state index is 12.9. The van der Waals surface area contributed by atoms with Crippen molar-refractivity contribution in [2.45, 2.75) is 32.2 Å². The average molecular weight is 454 g/mol. The van der Waals surface area contributed by atoms with E-state index in [1.165, 1.54) is 30.1 Å². The predicted molar refractivity (Wildman–Crippen MR) is 121 cm³/mol. The molecule has 2 amide bonds. The van der Waals surface area contributed by atoms with Crippen LogP contribution in [0.5, 0.6) is 5.75 Å². The number of carboxylic acids is 1. The van der Waals surface area contributed by atoms with Crippen molar-refractivity contribution >= 4 is 35.4 Å². The standard InChI is InChI=1S/C23H23N3O5S/c1-13-14(2)22(32-12-20(27)25-19-6-4-17(10-24-19)23(29)30)26(21(13)28)11-15-3-5-18-16(9-15)7-8-31-18/h3-6,9-10,22H,7-8,11-12H2,1-2H3,(H,29,30)(H,24,25,27). The highest BCUT2D eigenvalue weighted by molar-refractivity contribution is 8.00. The Bertz CT molecular complexity index is 1110. The highest BCUT2D eigenvalue weighted by atomic mass is 32.2. The molecular weight excluding hydrogens is 430 g/mol. The van der Waals surface area contributed by atoms with Gasteiger partial charge in [-0.05, 0) is 48.7 Å². The highest BCUT2D eigenvalue weighted by Crippen LogP contribution is 2.35. The van der Waals surface area contributed by atoms with Crippen molar-refractivity contribution in [1.29, 1.82) is 0 Å². The summed E-state index contributed by atoms with van der Waals surface area (Å²) >= 11 is 1.38. The zero-order valence-corrected chi connectivity index (χ0v) is 18.6. The molecule has 0 saturated heterocycles. The summed E-state index contributed by atoms with van der Waals surface area (Å²) in [7, 11) is 0. The maximum Gasteiger partial charge on any atom is 0.337 e. The number of benzene rings is 1. The summed E-state index contributed by atoms with van der Waals surface area (Å²) in [4.78, 5) is 41.9. The second kappa shape index (κ2) is 9.04. The normalized spacial score (nSPS) is 17.4. The Morgan fingerprint density at radius 2 is 2.09 bits per heavy atom. The number of hydrogen-bond donors (Lipinski definition) is 2. The number of thioether (sulfide) groups is 1. The zero-order valence-electron chi connectivity index (χ0n) is 17.8. The molecule has 2 aromatic rings. The monoisotopic (exact) mass is 453 g/mol. The molecule has 0 saturated carbocycles. The molecule has 0 aliphatic carbocycles. The van der Waals surface area contributed by atoms with Crippen molar-refractivity contribution in [1.82, 2.24) is 9.88 Å². The van der Waals surface area contributed by atoms with Crippen molar-refractivity contribution in [3.05, 3.63) is 64.4 Å². The van der Waals surface area contributed by atoms with Gasteiger partial charge in [-0.3, -0.25) is 9.59 Å². The van der Waals surface area contributed by atoms with Gasteiger partial charge in [0.05, 0.1) is 17.9 Å². The van der Waals surface area contributed by atoms with Crippen LogP contribution in [0.15, 0.2) is 47.7 Å². The molecule has 32 heavy (non-hydrogen) atoms. The lowest BCUT2D eigenvalue weighted by Crippen LogP contribution is -2.34. The minimum Gasteiger partial charge on any atom is -0.493 e. The Balaban J connectivity index is 1.40. The molecule has 1 aromatic heterocycles. The molecule has 1 atom stereocenters. The number of carbonyl (C=O) groups is 3. The molecule has 166 valence electrons. The largest absolute Gasteiger partial charge is 0.493 e. The van der Waals surface area contributed by atoms with Gasteiger partial charge in [-0.2, -0.15) is 0 Å². The quantitative estimate of drug-likeness (QED) is 0.663. The molecule has 1 unspecified atom stereocenters. The summed E-state index contributed by atoms with van der Waals surface area (Å²) in [5, 5.41) is 11.4. The van der Waals surface area contributed by atoms with Crippen LogP contribution in [0, 0.1) is 0 Å². The second-order valence-electron chi connectivity index (χ2n) is 7.73. The van der Waals surface area contributed by atoms with Gasteiger partial charge in [0, 0.05) is 24.7 Å². The number of amides is 2. The van der Waals surface area contributed by atoms with Gasteiger partial charge in [0.2, 0.25) is 5.91 Å². The molecule has 0 bridgehead atoms. The van der Waals surface area contributed by atoms with E-state index in [4.69, 9.17) is 9.84 Å². The van der Waals surface area contributed by atoms with Gasteiger partial charge in [0.1, 0.15) is 16.9 Å². The van der Waals surface area contributed by atoms with E-state index in [9.17, 15) is 14.4 Å². The van der Waals surface area contributed by atoms with Gasteiger partial charge in [-0.1, -0.05) is 12.1 Å². The van der Waals surface area contributed by atoms with E-state index in [0.29, 0.717) is 18.7 Å². The van der Waals surface area contributed by atoms with E-state index in [2.05, 4.69) is 16.4 Å². The molecule has 0 spiro atoms. The lowest BCUT2D eigenvalue weighted by Gasteiger charge is -2.26. The number of aromatic nitrogens is 1. The van der Waals surface area contributed by atoms with Crippen LogP contribution in [0.4, 0.5) is 5.82 Å². The summed E-state index contributed by atoms with van der Waals surface area (Å²) in [5.74, 6) is -0.0682. The summed E-state index contributed by atoms with van der Waals surface area (Å²) in [6.45, 7) is 4.88. The first-order valence-electron chi connectivity index (χ1n) is 10.2. The fourth-order valence-electron chi connectivity index (χ4n) is 3.74. The van der Waals surface area contributed by atoms with E-state index in [1.807, 2.05) is 26.0 Å². The van der Waals surface area contributed by atoms with Crippen LogP contribution >= 0.6 is 11.8 Å². The van der Waals surface area contributed by atoms with E-state index >= 15 is 0 Å². The predicted octanol–water partition coefficient (Wildman–Crippen LogP) is 3.09. The molecule has 4 rings (SSSR count). The van der Waals surface area contributed by atoms with Gasteiger partial charge >= 0.3 is 5.97 Å². The van der Waals surface area contributed by atoms with Crippen LogP contribution in [-0.4, -0.2) is 50.5 Å². The van der Waals surface area contributed by atoms with Crippen LogP contribution in [0.3, 0.4) is 0 Å². The highest BCUT2D eigenvalue weighted by Gasteiger charge is 2.35.